The van der Waals surface area contributed by atoms with Crippen LogP contribution >= 0.6 is 0 Å². The highest BCUT2D eigenvalue weighted by Gasteiger charge is 2.48. The summed E-state index contributed by atoms with van der Waals surface area (Å²) >= 11 is 0. The van der Waals surface area contributed by atoms with Crippen LogP contribution in [0.25, 0.3) is 16.7 Å². The second kappa shape index (κ2) is 8.51. The molecule has 2 aromatic heterocycles. The highest BCUT2D eigenvalue weighted by atomic mass is 19.3. The lowest BCUT2D eigenvalue weighted by atomic mass is 9.83. The second-order valence-corrected chi connectivity index (χ2v) is 9.42. The van der Waals surface area contributed by atoms with Crippen molar-refractivity contribution in [3.63, 3.8) is 0 Å². The van der Waals surface area contributed by atoms with Gasteiger partial charge in [0.25, 0.3) is 5.92 Å². The number of benzene rings is 1. The van der Waals surface area contributed by atoms with Crippen LogP contribution in [0.1, 0.15) is 23.5 Å². The van der Waals surface area contributed by atoms with E-state index in [9.17, 15) is 0 Å². The molecule has 0 amide bonds. The molecule has 180 valence electrons. The minimum atomic E-state index is -2.81. The average Bonchev–Trinajstić information content (AvgIpc) is 3.20. The molecular weight excluding hydrogens is 442 g/mol. The standard InChI is InChI=1S/C24H28F2N6O2/c1-16-8-17-11-29-32(23-10-22(27-15-28-23)30-4-6-33-7-5-30)21(17)9-19(16)20-2-3-31(14-24(20,25)26)18-12-34-13-18/h8-11,15,18,20H,2-7,12-14H2,1H3. The third-order valence-electron chi connectivity index (χ3n) is 7.29. The van der Waals surface area contributed by atoms with E-state index in [0.29, 0.717) is 50.8 Å². The molecular formula is C24H28F2N6O2. The predicted molar refractivity (Wildman–Crippen MR) is 123 cm³/mol. The van der Waals surface area contributed by atoms with Gasteiger partial charge in [-0.1, -0.05) is 0 Å². The van der Waals surface area contributed by atoms with Crippen LogP contribution < -0.4 is 4.90 Å². The second-order valence-electron chi connectivity index (χ2n) is 9.42. The maximum atomic E-state index is 15.4. The summed E-state index contributed by atoms with van der Waals surface area (Å²) in [5.41, 5.74) is 2.33. The molecule has 5 heterocycles. The zero-order valence-corrected chi connectivity index (χ0v) is 19.2. The van der Waals surface area contributed by atoms with Crippen LogP contribution in [-0.4, -0.2) is 89.2 Å². The van der Waals surface area contributed by atoms with E-state index in [1.165, 1.54) is 6.33 Å². The van der Waals surface area contributed by atoms with Gasteiger partial charge in [0.1, 0.15) is 12.1 Å². The molecule has 0 radical (unpaired) electrons. The van der Waals surface area contributed by atoms with Gasteiger partial charge in [-0.05, 0) is 43.1 Å². The average molecular weight is 471 g/mol. The summed E-state index contributed by atoms with van der Waals surface area (Å²) < 4.78 is 43.1. The first-order chi connectivity index (χ1) is 16.5. The summed E-state index contributed by atoms with van der Waals surface area (Å²) in [7, 11) is 0. The minimum Gasteiger partial charge on any atom is -0.378 e. The van der Waals surface area contributed by atoms with Crippen LogP contribution in [-0.2, 0) is 9.47 Å². The molecule has 3 aromatic rings. The number of hydrogen-bond acceptors (Lipinski definition) is 7. The third kappa shape index (κ3) is 3.83. The fourth-order valence-corrected chi connectivity index (χ4v) is 5.28. The van der Waals surface area contributed by atoms with Crippen LogP contribution in [0.15, 0.2) is 30.7 Å². The summed E-state index contributed by atoms with van der Waals surface area (Å²) in [6.07, 6.45) is 3.70. The topological polar surface area (TPSA) is 68.5 Å². The number of anilines is 1. The fourth-order valence-electron chi connectivity index (χ4n) is 5.28. The van der Waals surface area contributed by atoms with Gasteiger partial charge >= 0.3 is 0 Å². The van der Waals surface area contributed by atoms with Gasteiger partial charge in [0, 0.05) is 24.5 Å². The lowest BCUT2D eigenvalue weighted by Crippen LogP contribution is -2.57. The van der Waals surface area contributed by atoms with Crippen LogP contribution in [0, 0.1) is 6.92 Å². The van der Waals surface area contributed by atoms with Crippen molar-refractivity contribution in [2.45, 2.75) is 31.2 Å². The lowest BCUT2D eigenvalue weighted by molar-refractivity contribution is -0.136. The first-order valence-corrected chi connectivity index (χ1v) is 11.8. The van der Waals surface area contributed by atoms with Crippen LogP contribution in [0.5, 0.6) is 0 Å². The van der Waals surface area contributed by atoms with Crippen LogP contribution in [0.2, 0.25) is 0 Å². The van der Waals surface area contributed by atoms with Gasteiger partial charge in [0.05, 0.1) is 56.6 Å². The van der Waals surface area contributed by atoms with E-state index in [-0.39, 0.29) is 12.6 Å². The molecule has 0 aliphatic carbocycles. The minimum absolute atomic E-state index is 0.121. The van der Waals surface area contributed by atoms with Crippen molar-refractivity contribution < 1.29 is 18.3 Å². The quantitative estimate of drug-likeness (QED) is 0.581. The molecule has 34 heavy (non-hydrogen) atoms. The number of piperidine rings is 1. The molecule has 3 aliphatic heterocycles. The molecule has 1 aromatic carbocycles. The largest absolute Gasteiger partial charge is 0.378 e. The van der Waals surface area contributed by atoms with Crippen molar-refractivity contribution in [2.75, 3.05) is 57.5 Å². The molecule has 0 bridgehead atoms. The Morgan fingerprint density at radius 1 is 1.00 bits per heavy atom. The number of ether oxygens (including phenoxy) is 2. The molecule has 3 fully saturated rings. The highest BCUT2D eigenvalue weighted by molar-refractivity contribution is 5.82. The van der Waals surface area contributed by atoms with Gasteiger partial charge in [0.15, 0.2) is 5.82 Å². The van der Waals surface area contributed by atoms with E-state index in [1.807, 2.05) is 30.0 Å². The molecule has 3 aliphatic rings. The van der Waals surface area contributed by atoms with Gasteiger partial charge in [-0.2, -0.15) is 5.10 Å². The molecule has 1 unspecified atom stereocenters. The van der Waals surface area contributed by atoms with Crippen molar-refractivity contribution in [1.29, 1.82) is 0 Å². The number of alkyl halides is 2. The Kier molecular flexibility index (Phi) is 5.46. The van der Waals surface area contributed by atoms with Crippen molar-refractivity contribution >= 4 is 16.7 Å². The number of halogens is 2. The number of morpholine rings is 1. The molecule has 0 saturated carbocycles. The maximum absolute atomic E-state index is 15.4. The smallest absolute Gasteiger partial charge is 0.267 e. The van der Waals surface area contributed by atoms with E-state index >= 15 is 8.78 Å². The molecule has 6 rings (SSSR count). The first kappa shape index (κ1) is 21.8. The van der Waals surface area contributed by atoms with Gasteiger partial charge in [-0.3, -0.25) is 4.90 Å². The Labute approximate surface area is 196 Å². The number of fused-ring (bicyclic) bond motifs is 1. The third-order valence-corrected chi connectivity index (χ3v) is 7.29. The Morgan fingerprint density at radius 2 is 1.79 bits per heavy atom. The Balaban J connectivity index is 1.34. The maximum Gasteiger partial charge on any atom is 0.267 e. The number of likely N-dealkylation sites (tertiary alicyclic amines) is 1. The van der Waals surface area contributed by atoms with E-state index in [0.717, 1.165) is 35.4 Å². The molecule has 0 spiro atoms. The molecule has 0 N–H and O–H groups in total. The van der Waals surface area contributed by atoms with E-state index < -0.39 is 11.8 Å². The zero-order chi connectivity index (χ0) is 23.3. The molecule has 10 heteroatoms. The predicted octanol–water partition coefficient (Wildman–Crippen LogP) is 2.78. The van der Waals surface area contributed by atoms with E-state index in [2.05, 4.69) is 20.0 Å². The number of nitrogens with zero attached hydrogens (tertiary/aromatic N) is 6. The fraction of sp³-hybridized carbons (Fsp3) is 0.542. The number of aryl methyl sites for hydroxylation is 1. The van der Waals surface area contributed by atoms with Crippen molar-refractivity contribution in [2.24, 2.45) is 0 Å². The zero-order valence-electron chi connectivity index (χ0n) is 19.2. The Bertz CT molecular complexity index is 1190. The van der Waals surface area contributed by atoms with Crippen LogP contribution in [0.3, 0.4) is 0 Å². The lowest BCUT2D eigenvalue weighted by Gasteiger charge is -2.45. The van der Waals surface area contributed by atoms with Crippen molar-refractivity contribution in [1.82, 2.24) is 24.6 Å². The Hall–Kier alpha value is -2.69. The summed E-state index contributed by atoms with van der Waals surface area (Å²) in [4.78, 5) is 12.9. The highest BCUT2D eigenvalue weighted by Crippen LogP contribution is 2.43. The van der Waals surface area contributed by atoms with Crippen molar-refractivity contribution in [3.05, 3.63) is 41.9 Å². The number of aromatic nitrogens is 4. The van der Waals surface area contributed by atoms with Crippen LogP contribution in [0.4, 0.5) is 14.6 Å². The SMILES string of the molecule is Cc1cc2cnn(-c3cc(N4CCOCC4)ncn3)c2cc1C1CCN(C2COC2)CC1(F)F. The molecule has 8 nitrogen and oxygen atoms in total. The number of rotatable bonds is 4. The van der Waals surface area contributed by atoms with Crippen molar-refractivity contribution in [3.8, 4) is 5.82 Å². The number of hydrogen-bond donors (Lipinski definition) is 0. The summed E-state index contributed by atoms with van der Waals surface area (Å²) in [6.45, 7) is 6.29. The molecule has 1 atom stereocenters. The molecule has 3 saturated heterocycles. The first-order valence-electron chi connectivity index (χ1n) is 11.8. The van der Waals surface area contributed by atoms with Gasteiger partial charge in [0.2, 0.25) is 0 Å². The summed E-state index contributed by atoms with van der Waals surface area (Å²) in [5, 5.41) is 5.45. The van der Waals surface area contributed by atoms with Gasteiger partial charge in [-0.25, -0.2) is 23.4 Å². The Morgan fingerprint density at radius 3 is 2.53 bits per heavy atom. The monoisotopic (exact) mass is 470 g/mol. The van der Waals surface area contributed by atoms with Gasteiger partial charge in [-0.15, -0.1) is 0 Å². The van der Waals surface area contributed by atoms with E-state index in [4.69, 9.17) is 9.47 Å². The normalized spacial score (nSPS) is 23.9. The van der Waals surface area contributed by atoms with Gasteiger partial charge < -0.3 is 14.4 Å². The van der Waals surface area contributed by atoms with E-state index in [1.54, 1.807) is 10.9 Å². The summed E-state index contributed by atoms with van der Waals surface area (Å²) in [5.74, 6) is -2.21. The summed E-state index contributed by atoms with van der Waals surface area (Å²) in [6, 6.07) is 5.86.